The van der Waals surface area contributed by atoms with Crippen molar-refractivity contribution in [1.82, 2.24) is 0 Å². The molecule has 0 rings (SSSR count). The predicted molar refractivity (Wildman–Crippen MR) is 32.8 cm³/mol. The summed E-state index contributed by atoms with van der Waals surface area (Å²) in [4.78, 5) is 0. The van der Waals surface area contributed by atoms with Crippen LogP contribution in [0.2, 0.25) is 0 Å². The van der Waals surface area contributed by atoms with Crippen LogP contribution in [0.25, 0.3) is 0 Å². The van der Waals surface area contributed by atoms with Crippen LogP contribution in [0.4, 0.5) is 0 Å². The molecular weight excluding hydrogens is 518 g/mol. The molecule has 0 aromatic rings. The van der Waals surface area contributed by atoms with Gasteiger partial charge in [0.05, 0.1) is 0 Å². The van der Waals surface area contributed by atoms with E-state index in [1.165, 1.54) is 0 Å². The average Bonchev–Trinajstić information content (AvgIpc) is 1.94. The summed E-state index contributed by atoms with van der Waals surface area (Å²) in [6, 6.07) is 0. The molecule has 0 saturated carbocycles. The van der Waals surface area contributed by atoms with Crippen LogP contribution in [-0.4, -0.2) is 88.3 Å². The zero-order valence-electron chi connectivity index (χ0n) is 9.01. The Balaban J connectivity index is -0.0000000331. The predicted octanol–water partition coefficient (Wildman–Crippen LogP) is -6.82. The maximum absolute atomic E-state index is 8.81. The summed E-state index contributed by atoms with van der Waals surface area (Å²) in [6.45, 7) is 0. The Hall–Kier alpha value is 3.81. The van der Waals surface area contributed by atoms with Gasteiger partial charge in [-0.25, -0.2) is 0 Å². The monoisotopic (exact) mass is 530 g/mol. The fraction of sp³-hybridized carbons (Fsp3) is 0. The van der Waals surface area contributed by atoms with Crippen molar-refractivity contribution < 1.29 is 147 Å². The molecule has 0 aliphatic heterocycles. The summed E-state index contributed by atoms with van der Waals surface area (Å²) in [7, 11) is 0. The van der Waals surface area contributed by atoms with Gasteiger partial charge >= 0.3 is 198 Å². The molecule has 0 radical (unpaired) electrons. The second kappa shape index (κ2) is 35.0. The summed E-state index contributed by atoms with van der Waals surface area (Å²) in [5.41, 5.74) is 0. The van der Waals surface area contributed by atoms with Crippen LogP contribution < -0.4 is 0 Å². The number of hydrogen-bond donors (Lipinski definition) is 10. The van der Waals surface area contributed by atoms with Crippen molar-refractivity contribution in [2.45, 2.75) is 0 Å². The zero-order valence-corrected chi connectivity index (χ0v) is 16.8. The molecule has 0 bridgehead atoms. The van der Waals surface area contributed by atoms with Gasteiger partial charge < -0.3 is 0 Å². The van der Waals surface area contributed by atoms with E-state index in [-0.39, 0.29) is 51.4 Å². The molecule has 10 N–H and O–H groups in total. The first-order valence-corrected chi connectivity index (χ1v) is 13.4. The third-order valence-electron chi connectivity index (χ3n) is 0. The van der Waals surface area contributed by atoms with E-state index >= 15 is 0 Å². The van der Waals surface area contributed by atoms with Crippen molar-refractivity contribution in [2.24, 2.45) is 0 Å². The van der Waals surface area contributed by atoms with Gasteiger partial charge in [0.1, 0.15) is 0 Å². The fourth-order valence-electron chi connectivity index (χ4n) is 0. The molecular formula is H11KO15Ti5. The molecule has 0 fully saturated rings. The molecule has 0 saturated heterocycles. The van der Waals surface area contributed by atoms with Crippen LogP contribution >= 0.6 is 0 Å². The Morgan fingerprint density at radius 1 is 0.333 bits per heavy atom. The molecule has 15 nitrogen and oxygen atoms in total. The molecule has 0 aliphatic carbocycles. The Labute approximate surface area is 193 Å². The standard InChI is InChI=1S/K.10H2O.5O.5Ti.H/h;10*1H2;;;;;;;;;;;/q;;;;;;;;;;;;;;;;5*+2;/p-10. The minimum atomic E-state index is -3.58. The maximum atomic E-state index is 8.81. The van der Waals surface area contributed by atoms with E-state index in [1.807, 2.05) is 0 Å². The Kier molecular flexibility index (Phi) is 66.3. The van der Waals surface area contributed by atoms with Crippen molar-refractivity contribution in [1.29, 1.82) is 0 Å². The van der Waals surface area contributed by atoms with Gasteiger partial charge in [0.2, 0.25) is 0 Å². The molecule has 0 unspecified atom stereocenters. The first kappa shape index (κ1) is 39.8. The van der Waals surface area contributed by atoms with Gasteiger partial charge in [0, 0.05) is 0 Å². The molecule has 21 heteroatoms. The molecule has 0 spiro atoms. The first-order valence-electron chi connectivity index (χ1n) is 3.26. The van der Waals surface area contributed by atoms with E-state index in [0.717, 1.165) is 0 Å². The van der Waals surface area contributed by atoms with Crippen molar-refractivity contribution in [3.8, 4) is 0 Å². The zero-order chi connectivity index (χ0) is 17.9. The van der Waals surface area contributed by atoms with Crippen LogP contribution in [0, 0.1) is 0 Å². The van der Waals surface area contributed by atoms with E-state index in [0.29, 0.717) is 0 Å². The van der Waals surface area contributed by atoms with E-state index in [2.05, 4.69) is 0 Å². The molecule has 0 amide bonds. The van der Waals surface area contributed by atoms with Crippen molar-refractivity contribution >= 4 is 51.4 Å². The summed E-state index contributed by atoms with van der Waals surface area (Å²) >= 11 is -17.9. The van der Waals surface area contributed by atoms with Crippen molar-refractivity contribution in [3.05, 3.63) is 0 Å². The Morgan fingerprint density at radius 3 is 0.333 bits per heavy atom. The number of rotatable bonds is 0. The van der Waals surface area contributed by atoms with Gasteiger partial charge in [-0.15, -0.1) is 0 Å². The molecule has 21 heavy (non-hydrogen) atoms. The molecule has 0 atom stereocenters. The third kappa shape index (κ3) is 781. The summed E-state index contributed by atoms with van der Waals surface area (Å²) in [6.07, 6.45) is 0. The minimum absolute atomic E-state index is 0. The third-order valence-corrected chi connectivity index (χ3v) is 0. The molecule has 122 valence electrons. The molecule has 0 aromatic heterocycles. The van der Waals surface area contributed by atoms with Crippen LogP contribution in [0.5, 0.6) is 0 Å². The molecule has 0 aromatic carbocycles. The fourth-order valence-corrected chi connectivity index (χ4v) is 0. The first-order chi connectivity index (χ1) is 8.66. The second-order valence-corrected chi connectivity index (χ2v) is 5.83. The van der Waals surface area contributed by atoms with Gasteiger partial charge in [0.15, 0.2) is 0 Å². The SMILES string of the molecule is [KH].[O]=[Ti]([OH])[OH].[O]=[Ti]([OH])[OH].[O]=[Ti]([OH])[OH].[O]=[Ti]([OH])[OH].[O]=[Ti]([OH])[OH]. The van der Waals surface area contributed by atoms with Crippen LogP contribution in [0.15, 0.2) is 0 Å². The molecule has 0 aliphatic rings. The van der Waals surface area contributed by atoms with E-state index in [9.17, 15) is 0 Å². The van der Waals surface area contributed by atoms with E-state index < -0.39 is 93.1 Å². The van der Waals surface area contributed by atoms with E-state index in [1.54, 1.807) is 0 Å². The van der Waals surface area contributed by atoms with Gasteiger partial charge in [0.25, 0.3) is 0 Å². The van der Waals surface area contributed by atoms with E-state index in [4.69, 9.17) is 53.5 Å². The van der Waals surface area contributed by atoms with Gasteiger partial charge in [-0.1, -0.05) is 0 Å². The second-order valence-electron chi connectivity index (χ2n) is 1.41. The number of hydrogen-bond acceptors (Lipinski definition) is 5. The van der Waals surface area contributed by atoms with Crippen LogP contribution in [0.3, 0.4) is 0 Å². The quantitative estimate of drug-likeness (QED) is 0.130. The van der Waals surface area contributed by atoms with Gasteiger partial charge in [-0.05, 0) is 0 Å². The molecule has 0 heterocycles. The van der Waals surface area contributed by atoms with Crippen LogP contribution in [0.1, 0.15) is 0 Å². The topological polar surface area (TPSA) is 288 Å². The summed E-state index contributed by atoms with van der Waals surface area (Å²) < 4.78 is 116. The van der Waals surface area contributed by atoms with Crippen molar-refractivity contribution in [3.63, 3.8) is 0 Å². The van der Waals surface area contributed by atoms with Gasteiger partial charge in [-0.2, -0.15) is 0 Å². The summed E-state index contributed by atoms with van der Waals surface area (Å²) in [5.74, 6) is 0. The Morgan fingerprint density at radius 2 is 0.333 bits per heavy atom. The van der Waals surface area contributed by atoms with Crippen molar-refractivity contribution in [2.75, 3.05) is 0 Å². The Bertz CT molecular complexity index is 207. The normalized spacial score (nSPS) is 6.19. The average molecular weight is 530 g/mol. The van der Waals surface area contributed by atoms with Gasteiger partial charge in [-0.3, -0.25) is 0 Å². The van der Waals surface area contributed by atoms with Crippen LogP contribution in [-0.2, 0) is 110 Å². The summed E-state index contributed by atoms with van der Waals surface area (Å²) in [5, 5.41) is 0.